The van der Waals surface area contributed by atoms with Crippen LogP contribution in [-0.4, -0.2) is 33.3 Å². The number of thioether (sulfide) groups is 1. The molecule has 3 rings (SSSR count). The first kappa shape index (κ1) is 16.1. The summed E-state index contributed by atoms with van der Waals surface area (Å²) in [6, 6.07) is 10.4. The maximum Gasteiger partial charge on any atom is 0.235 e. The number of rotatable bonds is 6. The maximum absolute atomic E-state index is 12.5. The molecule has 1 aromatic heterocycles. The standard InChI is InChI=1S/C18H23N3OS/c1-12-4-8-16(9-5-12)23-13(2)18(22)21(3)11-15-10-17(20-19-15)14-6-7-14/h4-5,8-10,13-14H,6-7,11H2,1-3H3,(H,19,20)/t13-/m1/s1. The van der Waals surface area contributed by atoms with Gasteiger partial charge in [-0.15, -0.1) is 11.8 Å². The van der Waals surface area contributed by atoms with Crippen molar-refractivity contribution in [3.05, 3.63) is 47.3 Å². The number of aromatic amines is 1. The molecule has 1 N–H and O–H groups in total. The predicted octanol–water partition coefficient (Wildman–Crippen LogP) is 3.73. The van der Waals surface area contributed by atoms with Gasteiger partial charge in [0.15, 0.2) is 0 Å². The molecule has 0 radical (unpaired) electrons. The van der Waals surface area contributed by atoms with Gasteiger partial charge in [-0.3, -0.25) is 9.89 Å². The Hall–Kier alpha value is -1.75. The van der Waals surface area contributed by atoms with E-state index in [1.807, 2.05) is 14.0 Å². The van der Waals surface area contributed by atoms with Gasteiger partial charge in [0.05, 0.1) is 23.2 Å². The van der Waals surface area contributed by atoms with Crippen LogP contribution in [0.15, 0.2) is 35.2 Å². The summed E-state index contributed by atoms with van der Waals surface area (Å²) >= 11 is 1.60. The summed E-state index contributed by atoms with van der Waals surface area (Å²) < 4.78 is 0. The van der Waals surface area contributed by atoms with E-state index < -0.39 is 0 Å². The lowest BCUT2D eigenvalue weighted by atomic mass is 10.2. The number of hydrogen-bond acceptors (Lipinski definition) is 3. The number of nitrogens with one attached hydrogen (secondary N) is 1. The summed E-state index contributed by atoms with van der Waals surface area (Å²) in [4.78, 5) is 15.4. The van der Waals surface area contributed by atoms with Crippen molar-refractivity contribution < 1.29 is 4.79 Å². The van der Waals surface area contributed by atoms with Crippen molar-refractivity contribution in [2.24, 2.45) is 0 Å². The molecule has 1 aliphatic rings. The number of aryl methyl sites for hydroxylation is 1. The highest BCUT2D eigenvalue weighted by molar-refractivity contribution is 8.00. The first-order valence-corrected chi connectivity index (χ1v) is 8.93. The lowest BCUT2D eigenvalue weighted by Crippen LogP contribution is -2.32. The smallest absolute Gasteiger partial charge is 0.235 e. The second kappa shape index (κ2) is 6.79. The minimum Gasteiger partial charge on any atom is -0.339 e. The van der Waals surface area contributed by atoms with Crippen molar-refractivity contribution in [3.63, 3.8) is 0 Å². The average molecular weight is 329 g/mol. The normalized spacial score (nSPS) is 15.4. The van der Waals surface area contributed by atoms with Crippen molar-refractivity contribution in [2.45, 2.75) is 49.3 Å². The highest BCUT2D eigenvalue weighted by atomic mass is 32.2. The summed E-state index contributed by atoms with van der Waals surface area (Å²) in [7, 11) is 1.85. The van der Waals surface area contributed by atoms with E-state index in [9.17, 15) is 4.79 Å². The van der Waals surface area contributed by atoms with Gasteiger partial charge in [0, 0.05) is 17.9 Å². The number of hydrogen-bond donors (Lipinski definition) is 1. The van der Waals surface area contributed by atoms with Crippen LogP contribution < -0.4 is 0 Å². The Morgan fingerprint density at radius 1 is 1.39 bits per heavy atom. The van der Waals surface area contributed by atoms with Crippen molar-refractivity contribution in [1.29, 1.82) is 0 Å². The van der Waals surface area contributed by atoms with Gasteiger partial charge in [0.2, 0.25) is 5.91 Å². The van der Waals surface area contributed by atoms with Crippen LogP contribution in [0.1, 0.15) is 42.6 Å². The highest BCUT2D eigenvalue weighted by Gasteiger charge is 2.26. The van der Waals surface area contributed by atoms with Crippen LogP contribution in [-0.2, 0) is 11.3 Å². The molecule has 0 unspecified atom stereocenters. The Morgan fingerprint density at radius 3 is 2.74 bits per heavy atom. The fourth-order valence-corrected chi connectivity index (χ4v) is 3.55. The summed E-state index contributed by atoms with van der Waals surface area (Å²) in [5.74, 6) is 0.773. The van der Waals surface area contributed by atoms with E-state index in [4.69, 9.17) is 0 Å². The zero-order valence-electron chi connectivity index (χ0n) is 13.9. The molecule has 0 saturated heterocycles. The third kappa shape index (κ3) is 4.16. The number of benzene rings is 1. The lowest BCUT2D eigenvalue weighted by Gasteiger charge is -2.20. The molecule has 0 aliphatic heterocycles. The molecule has 1 fully saturated rings. The van der Waals surface area contributed by atoms with E-state index in [-0.39, 0.29) is 11.2 Å². The highest BCUT2D eigenvalue weighted by Crippen LogP contribution is 2.39. The van der Waals surface area contributed by atoms with Gasteiger partial charge in [-0.25, -0.2) is 0 Å². The number of H-pyrrole nitrogens is 1. The molecule has 122 valence electrons. The molecule has 4 nitrogen and oxygen atoms in total. The summed E-state index contributed by atoms with van der Waals surface area (Å²) in [6.07, 6.45) is 2.48. The van der Waals surface area contributed by atoms with Crippen LogP contribution in [0.2, 0.25) is 0 Å². The Kier molecular flexibility index (Phi) is 4.76. The topological polar surface area (TPSA) is 49.0 Å². The summed E-state index contributed by atoms with van der Waals surface area (Å²) in [5.41, 5.74) is 3.38. The Bertz CT molecular complexity index is 676. The van der Waals surface area contributed by atoms with Gasteiger partial charge < -0.3 is 4.90 Å². The zero-order valence-corrected chi connectivity index (χ0v) is 14.7. The van der Waals surface area contributed by atoms with E-state index in [0.717, 1.165) is 16.3 Å². The molecule has 1 aromatic carbocycles. The number of carbonyl (C=O) groups is 1. The van der Waals surface area contributed by atoms with Gasteiger partial charge in [0.25, 0.3) is 0 Å². The first-order chi connectivity index (χ1) is 11.0. The Labute approximate surface area is 141 Å². The Balaban J connectivity index is 1.55. The van der Waals surface area contributed by atoms with Crippen molar-refractivity contribution >= 4 is 17.7 Å². The van der Waals surface area contributed by atoms with Crippen LogP contribution in [0.4, 0.5) is 0 Å². The molecule has 0 spiro atoms. The fraction of sp³-hybridized carbons (Fsp3) is 0.444. The second-order valence-corrected chi connectivity index (χ2v) is 7.77. The molecular weight excluding hydrogens is 306 g/mol. The van der Waals surface area contributed by atoms with Crippen molar-refractivity contribution in [3.8, 4) is 0 Å². The lowest BCUT2D eigenvalue weighted by molar-refractivity contribution is -0.129. The Morgan fingerprint density at radius 2 is 2.09 bits per heavy atom. The van der Waals surface area contributed by atoms with Gasteiger partial charge in [-0.2, -0.15) is 5.10 Å². The van der Waals surface area contributed by atoms with Gasteiger partial charge in [-0.05, 0) is 44.9 Å². The van der Waals surface area contributed by atoms with E-state index in [2.05, 4.69) is 47.5 Å². The van der Waals surface area contributed by atoms with E-state index in [0.29, 0.717) is 12.5 Å². The molecule has 1 amide bonds. The number of amides is 1. The average Bonchev–Trinajstić information content (AvgIpc) is 3.29. The molecule has 1 aliphatic carbocycles. The monoisotopic (exact) mass is 329 g/mol. The molecule has 23 heavy (non-hydrogen) atoms. The van der Waals surface area contributed by atoms with Gasteiger partial charge >= 0.3 is 0 Å². The van der Waals surface area contributed by atoms with Crippen LogP contribution in [0.5, 0.6) is 0 Å². The summed E-state index contributed by atoms with van der Waals surface area (Å²) in [6.45, 7) is 4.61. The third-order valence-electron chi connectivity index (χ3n) is 4.11. The zero-order chi connectivity index (χ0) is 16.4. The quantitative estimate of drug-likeness (QED) is 0.822. The van der Waals surface area contributed by atoms with E-state index in [1.54, 1.807) is 16.7 Å². The molecular formula is C18H23N3OS. The van der Waals surface area contributed by atoms with Crippen LogP contribution in [0.25, 0.3) is 0 Å². The fourth-order valence-electron chi connectivity index (χ4n) is 2.56. The number of nitrogens with zero attached hydrogens (tertiary/aromatic N) is 2. The summed E-state index contributed by atoms with van der Waals surface area (Å²) in [5, 5.41) is 7.30. The predicted molar refractivity (Wildman–Crippen MR) is 93.5 cm³/mol. The van der Waals surface area contributed by atoms with Gasteiger partial charge in [0.1, 0.15) is 0 Å². The molecule has 2 aromatic rings. The molecule has 1 atom stereocenters. The van der Waals surface area contributed by atoms with Crippen LogP contribution >= 0.6 is 11.8 Å². The minimum absolute atomic E-state index is 0.103. The first-order valence-electron chi connectivity index (χ1n) is 8.05. The SMILES string of the molecule is Cc1ccc(S[C@H](C)C(=O)N(C)Cc2cc(C3CC3)n[nH]2)cc1. The largest absolute Gasteiger partial charge is 0.339 e. The third-order valence-corrected chi connectivity index (χ3v) is 5.21. The van der Waals surface area contributed by atoms with Crippen molar-refractivity contribution in [1.82, 2.24) is 15.1 Å². The van der Waals surface area contributed by atoms with Crippen molar-refractivity contribution in [2.75, 3.05) is 7.05 Å². The van der Waals surface area contributed by atoms with Crippen LogP contribution in [0, 0.1) is 6.92 Å². The molecule has 1 heterocycles. The number of carbonyl (C=O) groups excluding carboxylic acids is 1. The molecule has 0 bridgehead atoms. The maximum atomic E-state index is 12.5. The number of aromatic nitrogens is 2. The second-order valence-electron chi connectivity index (χ2n) is 6.36. The molecule has 1 saturated carbocycles. The molecule has 5 heteroatoms. The van der Waals surface area contributed by atoms with E-state index >= 15 is 0 Å². The van der Waals surface area contributed by atoms with Gasteiger partial charge in [-0.1, -0.05) is 17.7 Å². The van der Waals surface area contributed by atoms with E-state index in [1.165, 1.54) is 18.4 Å². The minimum atomic E-state index is -0.103. The van der Waals surface area contributed by atoms with Crippen LogP contribution in [0.3, 0.4) is 0 Å².